The van der Waals surface area contributed by atoms with Crippen molar-refractivity contribution in [3.05, 3.63) is 58.3 Å². The van der Waals surface area contributed by atoms with Crippen LogP contribution < -0.4 is 0 Å². The number of hydrogen-bond acceptors (Lipinski definition) is 5. The largest absolute Gasteiger partial charge is 0.469 e. The molecule has 2 aromatic rings. The van der Waals surface area contributed by atoms with E-state index < -0.39 is 0 Å². The molecular weight excluding hydrogens is 286 g/mol. The summed E-state index contributed by atoms with van der Waals surface area (Å²) in [6, 6.07) is 14.1. The van der Waals surface area contributed by atoms with Gasteiger partial charge in [-0.2, -0.15) is 5.06 Å². The lowest BCUT2D eigenvalue weighted by Gasteiger charge is -2.23. The molecule has 1 saturated heterocycles. The Morgan fingerprint density at radius 1 is 1.33 bits per heavy atom. The molecule has 21 heavy (non-hydrogen) atoms. The van der Waals surface area contributed by atoms with E-state index in [0.717, 1.165) is 10.4 Å². The molecule has 0 unspecified atom stereocenters. The van der Waals surface area contributed by atoms with Crippen LogP contribution in [-0.2, 0) is 20.9 Å². The maximum Gasteiger partial charge on any atom is 0.313 e. The molecule has 3 rings (SSSR count). The highest BCUT2D eigenvalue weighted by Crippen LogP contribution is 2.39. The monoisotopic (exact) mass is 303 g/mol. The molecule has 0 saturated carbocycles. The van der Waals surface area contributed by atoms with Crippen molar-refractivity contribution in [1.29, 1.82) is 0 Å². The van der Waals surface area contributed by atoms with Gasteiger partial charge in [0.25, 0.3) is 0 Å². The summed E-state index contributed by atoms with van der Waals surface area (Å²) in [5.74, 6) is -0.499. The molecule has 0 spiro atoms. The first-order valence-electron chi connectivity index (χ1n) is 6.84. The van der Waals surface area contributed by atoms with Crippen LogP contribution in [0.1, 0.15) is 16.5 Å². The van der Waals surface area contributed by atoms with Crippen LogP contribution >= 0.6 is 11.3 Å². The van der Waals surface area contributed by atoms with E-state index in [-0.39, 0.29) is 17.9 Å². The lowest BCUT2D eigenvalue weighted by Crippen LogP contribution is -2.28. The second-order valence-electron chi connectivity index (χ2n) is 4.95. The number of benzene rings is 1. The summed E-state index contributed by atoms with van der Waals surface area (Å²) < 4.78 is 4.92. The Hall–Kier alpha value is -1.69. The number of carbonyl (C=O) groups excluding carboxylic acids is 1. The molecule has 0 amide bonds. The van der Waals surface area contributed by atoms with Crippen molar-refractivity contribution in [1.82, 2.24) is 5.06 Å². The lowest BCUT2D eigenvalue weighted by molar-refractivity contribution is -0.146. The van der Waals surface area contributed by atoms with E-state index in [1.54, 1.807) is 11.3 Å². The predicted molar refractivity (Wildman–Crippen MR) is 80.5 cm³/mol. The van der Waals surface area contributed by atoms with Gasteiger partial charge in [0, 0.05) is 11.4 Å². The zero-order chi connectivity index (χ0) is 14.7. The highest BCUT2D eigenvalue weighted by atomic mass is 32.1. The van der Waals surface area contributed by atoms with Crippen LogP contribution in [0.5, 0.6) is 0 Å². The fourth-order valence-corrected chi connectivity index (χ4v) is 3.50. The molecule has 0 radical (unpaired) electrons. The van der Waals surface area contributed by atoms with Gasteiger partial charge in [0.05, 0.1) is 19.8 Å². The first-order valence-corrected chi connectivity index (χ1v) is 7.72. The van der Waals surface area contributed by atoms with Gasteiger partial charge in [-0.25, -0.2) is 0 Å². The van der Waals surface area contributed by atoms with E-state index in [2.05, 4.69) is 12.1 Å². The summed E-state index contributed by atoms with van der Waals surface area (Å²) in [6.07, 6.45) is 0. The summed E-state index contributed by atoms with van der Waals surface area (Å²) in [4.78, 5) is 18.9. The molecule has 0 N–H and O–H groups in total. The van der Waals surface area contributed by atoms with Crippen LogP contribution in [0.25, 0.3) is 0 Å². The third kappa shape index (κ3) is 3.00. The molecule has 0 aliphatic carbocycles. The molecule has 110 valence electrons. The average molecular weight is 303 g/mol. The first-order chi connectivity index (χ1) is 10.3. The predicted octanol–water partition coefficient (Wildman–Crippen LogP) is 3.03. The Kier molecular flexibility index (Phi) is 4.34. The fourth-order valence-electron chi connectivity index (χ4n) is 2.60. The van der Waals surface area contributed by atoms with Gasteiger partial charge in [-0.05, 0) is 17.0 Å². The van der Waals surface area contributed by atoms with Crippen molar-refractivity contribution in [3.8, 4) is 0 Å². The van der Waals surface area contributed by atoms with Gasteiger partial charge in [0.15, 0.2) is 0 Å². The van der Waals surface area contributed by atoms with E-state index >= 15 is 0 Å². The van der Waals surface area contributed by atoms with E-state index in [1.165, 1.54) is 7.11 Å². The molecule has 1 aliphatic heterocycles. The van der Waals surface area contributed by atoms with E-state index in [9.17, 15) is 4.79 Å². The second-order valence-corrected chi connectivity index (χ2v) is 5.93. The number of rotatable bonds is 4. The second kappa shape index (κ2) is 6.39. The van der Waals surface area contributed by atoms with Gasteiger partial charge in [-0.1, -0.05) is 36.4 Å². The molecule has 1 aliphatic rings. The number of hydrogen-bond donors (Lipinski definition) is 0. The Morgan fingerprint density at radius 2 is 2.14 bits per heavy atom. The van der Waals surface area contributed by atoms with Crippen LogP contribution in [0.3, 0.4) is 0 Å². The van der Waals surface area contributed by atoms with Crippen LogP contribution in [0.2, 0.25) is 0 Å². The molecule has 1 aromatic heterocycles. The van der Waals surface area contributed by atoms with Crippen LogP contribution in [0, 0.1) is 5.92 Å². The Morgan fingerprint density at radius 3 is 2.81 bits per heavy atom. The summed E-state index contributed by atoms with van der Waals surface area (Å²) in [5.41, 5.74) is 1.16. The van der Waals surface area contributed by atoms with E-state index in [1.807, 2.05) is 40.8 Å². The van der Waals surface area contributed by atoms with Gasteiger partial charge in [0.2, 0.25) is 0 Å². The Balaban J connectivity index is 1.84. The molecule has 4 nitrogen and oxygen atoms in total. The number of methoxy groups -OCH3 is 1. The van der Waals surface area contributed by atoms with Crippen molar-refractivity contribution >= 4 is 17.3 Å². The number of thiophene rings is 1. The van der Waals surface area contributed by atoms with E-state index in [0.29, 0.717) is 13.2 Å². The van der Waals surface area contributed by atoms with Crippen LogP contribution in [0.4, 0.5) is 0 Å². The normalized spacial score (nSPS) is 22.3. The number of nitrogens with zero attached hydrogens (tertiary/aromatic N) is 1. The fraction of sp³-hybridized carbons (Fsp3) is 0.312. The lowest BCUT2D eigenvalue weighted by atomic mass is 10.00. The van der Waals surface area contributed by atoms with E-state index in [4.69, 9.17) is 9.57 Å². The van der Waals surface area contributed by atoms with Crippen molar-refractivity contribution in [2.45, 2.75) is 12.6 Å². The maximum absolute atomic E-state index is 12.0. The van der Waals surface area contributed by atoms with Gasteiger partial charge in [-0.3, -0.25) is 9.63 Å². The summed E-state index contributed by atoms with van der Waals surface area (Å²) >= 11 is 1.64. The average Bonchev–Trinajstić information content (AvgIpc) is 3.16. The topological polar surface area (TPSA) is 38.8 Å². The quantitative estimate of drug-likeness (QED) is 0.814. The maximum atomic E-state index is 12.0. The third-order valence-corrected chi connectivity index (χ3v) is 4.57. The highest BCUT2D eigenvalue weighted by molar-refractivity contribution is 7.10. The molecule has 2 heterocycles. The molecule has 5 heteroatoms. The molecule has 1 aromatic carbocycles. The first kappa shape index (κ1) is 14.3. The SMILES string of the molecule is COC(=O)[C@H]1CON(Cc2ccccc2)[C@H]1c1cccs1. The smallest absolute Gasteiger partial charge is 0.313 e. The standard InChI is InChI=1S/C16H17NO3S/c1-19-16(18)13-11-20-17(10-12-6-3-2-4-7-12)15(13)14-8-5-9-21-14/h2-9,13,15H,10-11H2,1H3/t13-,15+/m0/s1. The zero-order valence-corrected chi connectivity index (χ0v) is 12.6. The van der Waals surface area contributed by atoms with Gasteiger partial charge >= 0.3 is 5.97 Å². The van der Waals surface area contributed by atoms with Gasteiger partial charge in [0.1, 0.15) is 5.92 Å². The van der Waals surface area contributed by atoms with Crippen molar-refractivity contribution in [2.24, 2.45) is 5.92 Å². The van der Waals surface area contributed by atoms with Gasteiger partial charge < -0.3 is 4.74 Å². The van der Waals surface area contributed by atoms with Crippen molar-refractivity contribution in [2.75, 3.05) is 13.7 Å². The summed E-state index contributed by atoms with van der Waals surface area (Å²) in [5, 5.41) is 3.91. The van der Waals surface area contributed by atoms with Crippen molar-refractivity contribution in [3.63, 3.8) is 0 Å². The van der Waals surface area contributed by atoms with Crippen LogP contribution in [-0.4, -0.2) is 24.7 Å². The van der Waals surface area contributed by atoms with Crippen LogP contribution in [0.15, 0.2) is 47.8 Å². The molecule has 0 bridgehead atoms. The molecule has 1 fully saturated rings. The Bertz CT molecular complexity index is 585. The van der Waals surface area contributed by atoms with Crippen molar-refractivity contribution < 1.29 is 14.4 Å². The number of carbonyl (C=O) groups is 1. The number of esters is 1. The van der Waals surface area contributed by atoms with Gasteiger partial charge in [-0.15, -0.1) is 11.3 Å². The number of hydroxylamine groups is 2. The summed E-state index contributed by atoms with van der Waals surface area (Å²) in [6.45, 7) is 1.01. The minimum absolute atomic E-state index is 0.0855. The molecule has 2 atom stereocenters. The third-order valence-electron chi connectivity index (χ3n) is 3.63. The Labute approximate surface area is 127 Å². The zero-order valence-electron chi connectivity index (χ0n) is 11.8. The number of ether oxygens (including phenoxy) is 1. The minimum atomic E-state index is -0.280. The highest BCUT2D eigenvalue weighted by Gasteiger charge is 2.42. The molecular formula is C16H17NO3S. The minimum Gasteiger partial charge on any atom is -0.469 e. The summed E-state index contributed by atoms with van der Waals surface area (Å²) in [7, 11) is 1.42.